The van der Waals surface area contributed by atoms with E-state index in [2.05, 4.69) is 53.7 Å². The zero-order valence-corrected chi connectivity index (χ0v) is 19.2. The molecule has 0 aromatic rings. The molecule has 0 bridgehead atoms. The molecule has 0 N–H and O–H groups in total. The highest BCUT2D eigenvalue weighted by Crippen LogP contribution is 2.37. The Bertz CT molecular complexity index is 458. The van der Waals surface area contributed by atoms with E-state index < -0.39 is 11.8 Å². The molecule has 3 heteroatoms. The molecule has 0 spiro atoms. The maximum Gasteiger partial charge on any atom is 0.509 e. The number of carbonyl (C=O) groups is 1. The van der Waals surface area contributed by atoms with Gasteiger partial charge < -0.3 is 9.47 Å². The van der Waals surface area contributed by atoms with E-state index in [1.165, 1.54) is 6.42 Å². The Kier molecular flexibility index (Phi) is 9.43. The van der Waals surface area contributed by atoms with Gasteiger partial charge in [-0.1, -0.05) is 74.0 Å². The Morgan fingerprint density at radius 2 is 1.54 bits per heavy atom. The molecular formula is C23H44O3. The van der Waals surface area contributed by atoms with E-state index in [1.807, 2.05) is 34.6 Å². The molecule has 0 heterocycles. The minimum atomic E-state index is -0.572. The fraction of sp³-hybridized carbons (Fsp3) is 0.870. The monoisotopic (exact) mass is 368 g/mol. The van der Waals surface area contributed by atoms with E-state index in [0.717, 1.165) is 12.8 Å². The van der Waals surface area contributed by atoms with Crippen molar-refractivity contribution in [3.63, 3.8) is 0 Å². The van der Waals surface area contributed by atoms with Gasteiger partial charge in [0.15, 0.2) is 0 Å². The number of hydrogen-bond acceptors (Lipinski definition) is 3. The van der Waals surface area contributed by atoms with Crippen molar-refractivity contribution in [3.8, 4) is 0 Å². The minimum absolute atomic E-state index is 0.140. The topological polar surface area (TPSA) is 35.5 Å². The van der Waals surface area contributed by atoms with Gasteiger partial charge in [-0.25, -0.2) is 4.79 Å². The molecule has 3 nitrogen and oxygen atoms in total. The van der Waals surface area contributed by atoms with E-state index in [1.54, 1.807) is 0 Å². The van der Waals surface area contributed by atoms with Crippen molar-refractivity contribution >= 4 is 6.16 Å². The number of carbonyl (C=O) groups excluding carboxylic acids is 1. The zero-order chi connectivity index (χ0) is 20.8. The van der Waals surface area contributed by atoms with Crippen LogP contribution in [0.2, 0.25) is 0 Å². The van der Waals surface area contributed by atoms with Crippen LogP contribution in [0, 0.1) is 22.7 Å². The smallest absolute Gasteiger partial charge is 0.431 e. The van der Waals surface area contributed by atoms with Crippen molar-refractivity contribution in [2.24, 2.45) is 22.7 Å². The summed E-state index contributed by atoms with van der Waals surface area (Å²) in [5, 5.41) is 0. The quantitative estimate of drug-likeness (QED) is 0.298. The lowest BCUT2D eigenvalue weighted by Crippen LogP contribution is -2.32. The molecular weight excluding hydrogens is 324 g/mol. The van der Waals surface area contributed by atoms with Crippen molar-refractivity contribution in [2.45, 2.75) is 107 Å². The molecule has 2 atom stereocenters. The number of ether oxygens (including phenoxy) is 2. The maximum atomic E-state index is 12.0. The summed E-state index contributed by atoms with van der Waals surface area (Å²) in [6.45, 7) is 23.5. The van der Waals surface area contributed by atoms with Gasteiger partial charge in [0.25, 0.3) is 0 Å². The highest BCUT2D eigenvalue weighted by atomic mass is 16.7. The van der Waals surface area contributed by atoms with Crippen molar-refractivity contribution in [1.29, 1.82) is 0 Å². The summed E-state index contributed by atoms with van der Waals surface area (Å²) < 4.78 is 10.9. The fourth-order valence-electron chi connectivity index (χ4n) is 3.26. The molecule has 26 heavy (non-hydrogen) atoms. The molecule has 0 aliphatic carbocycles. The van der Waals surface area contributed by atoms with Crippen molar-refractivity contribution in [3.05, 3.63) is 12.2 Å². The van der Waals surface area contributed by atoms with Gasteiger partial charge in [0.05, 0.1) is 0 Å². The van der Waals surface area contributed by atoms with Crippen molar-refractivity contribution < 1.29 is 14.3 Å². The standard InChI is InChI=1S/C23H44O3/c1-12-21(6,7)16-22(8,9)14-13-18(4)15-23(10,11)26-20(24)25-19(5)17(2)3/h13-14,17-19H,12,15-16H2,1-11H3/b14-13-. The second kappa shape index (κ2) is 9.80. The predicted octanol–water partition coefficient (Wildman–Crippen LogP) is 7.40. The van der Waals surface area contributed by atoms with E-state index >= 15 is 0 Å². The van der Waals surface area contributed by atoms with E-state index in [0.29, 0.717) is 11.3 Å². The SMILES string of the molecule is CCC(C)(C)CC(C)(C)/C=C\C(C)CC(C)(C)OC(=O)OC(C)C(C)C. The third-order valence-electron chi connectivity index (χ3n) is 5.16. The molecule has 0 aromatic carbocycles. The summed E-state index contributed by atoms with van der Waals surface area (Å²) in [6, 6.07) is 0. The van der Waals surface area contributed by atoms with Crippen LogP contribution in [0.3, 0.4) is 0 Å². The van der Waals surface area contributed by atoms with Crippen LogP contribution in [-0.2, 0) is 9.47 Å². The van der Waals surface area contributed by atoms with Crippen molar-refractivity contribution in [1.82, 2.24) is 0 Å². The van der Waals surface area contributed by atoms with Gasteiger partial charge in [0.2, 0.25) is 0 Å². The normalized spacial score (nSPS) is 16.0. The Labute approximate surface area is 162 Å². The highest BCUT2D eigenvalue weighted by molar-refractivity contribution is 5.60. The van der Waals surface area contributed by atoms with Gasteiger partial charge in [0.1, 0.15) is 11.7 Å². The zero-order valence-electron chi connectivity index (χ0n) is 19.2. The van der Waals surface area contributed by atoms with E-state index in [4.69, 9.17) is 9.47 Å². The third-order valence-corrected chi connectivity index (χ3v) is 5.16. The molecule has 0 aliphatic heterocycles. The summed E-state index contributed by atoms with van der Waals surface area (Å²) in [5.41, 5.74) is -0.0505. The van der Waals surface area contributed by atoms with Crippen LogP contribution >= 0.6 is 0 Å². The van der Waals surface area contributed by atoms with Gasteiger partial charge in [-0.05, 0) is 56.3 Å². The van der Waals surface area contributed by atoms with Gasteiger partial charge in [0, 0.05) is 0 Å². The average Bonchev–Trinajstić information content (AvgIpc) is 2.42. The maximum absolute atomic E-state index is 12.0. The lowest BCUT2D eigenvalue weighted by Gasteiger charge is -2.33. The Morgan fingerprint density at radius 1 is 1.00 bits per heavy atom. The molecule has 0 aliphatic rings. The van der Waals surface area contributed by atoms with E-state index in [9.17, 15) is 4.79 Å². The first kappa shape index (κ1) is 25.0. The van der Waals surface area contributed by atoms with Gasteiger partial charge in [-0.2, -0.15) is 0 Å². The Balaban J connectivity index is 4.68. The molecule has 0 saturated carbocycles. The van der Waals surface area contributed by atoms with E-state index in [-0.39, 0.29) is 17.4 Å². The largest absolute Gasteiger partial charge is 0.509 e. The molecule has 0 radical (unpaired) electrons. The van der Waals surface area contributed by atoms with Gasteiger partial charge in [-0.3, -0.25) is 0 Å². The minimum Gasteiger partial charge on any atom is -0.431 e. The Hall–Kier alpha value is -0.990. The van der Waals surface area contributed by atoms with Crippen LogP contribution < -0.4 is 0 Å². The van der Waals surface area contributed by atoms with Gasteiger partial charge >= 0.3 is 6.16 Å². The molecule has 0 fully saturated rings. The molecule has 0 amide bonds. The molecule has 154 valence electrons. The number of rotatable bonds is 10. The van der Waals surface area contributed by atoms with Crippen LogP contribution in [0.15, 0.2) is 12.2 Å². The average molecular weight is 369 g/mol. The van der Waals surface area contributed by atoms with Crippen LogP contribution in [0.4, 0.5) is 4.79 Å². The van der Waals surface area contributed by atoms with Crippen molar-refractivity contribution in [2.75, 3.05) is 0 Å². The Morgan fingerprint density at radius 3 is 2.00 bits per heavy atom. The lowest BCUT2D eigenvalue weighted by molar-refractivity contribution is -0.0449. The first-order chi connectivity index (χ1) is 11.6. The first-order valence-corrected chi connectivity index (χ1v) is 10.2. The molecule has 0 rings (SSSR count). The summed E-state index contributed by atoms with van der Waals surface area (Å²) >= 11 is 0. The van der Waals surface area contributed by atoms with Crippen LogP contribution in [0.25, 0.3) is 0 Å². The number of allylic oxidation sites excluding steroid dienone is 2. The number of hydrogen-bond donors (Lipinski definition) is 0. The van der Waals surface area contributed by atoms with Crippen LogP contribution in [-0.4, -0.2) is 17.9 Å². The predicted molar refractivity (Wildman–Crippen MR) is 111 cm³/mol. The fourth-order valence-corrected chi connectivity index (χ4v) is 3.26. The molecule has 0 saturated heterocycles. The lowest BCUT2D eigenvalue weighted by atomic mass is 9.73. The third kappa shape index (κ3) is 10.9. The summed E-state index contributed by atoms with van der Waals surface area (Å²) in [4.78, 5) is 12.0. The summed E-state index contributed by atoms with van der Waals surface area (Å²) in [6.07, 6.45) is 6.97. The summed E-state index contributed by atoms with van der Waals surface area (Å²) in [5.74, 6) is 0.603. The summed E-state index contributed by atoms with van der Waals surface area (Å²) in [7, 11) is 0. The molecule has 2 unspecified atom stereocenters. The molecule has 0 aromatic heterocycles. The van der Waals surface area contributed by atoms with Gasteiger partial charge in [-0.15, -0.1) is 0 Å². The second-order valence-electron chi connectivity index (χ2n) is 10.4. The second-order valence-corrected chi connectivity index (χ2v) is 10.4. The highest BCUT2D eigenvalue weighted by Gasteiger charge is 2.28. The first-order valence-electron chi connectivity index (χ1n) is 10.2. The van der Waals surface area contributed by atoms with Crippen LogP contribution in [0.1, 0.15) is 95.4 Å². The van der Waals surface area contributed by atoms with Crippen LogP contribution in [0.5, 0.6) is 0 Å².